The van der Waals surface area contributed by atoms with Crippen molar-refractivity contribution in [3.05, 3.63) is 70.8 Å². The summed E-state index contributed by atoms with van der Waals surface area (Å²) in [5.74, 6) is 0.212. The fourth-order valence-electron chi connectivity index (χ4n) is 5.41. The van der Waals surface area contributed by atoms with Crippen molar-refractivity contribution in [3.63, 3.8) is 0 Å². The van der Waals surface area contributed by atoms with Crippen LogP contribution in [-0.4, -0.2) is 60.1 Å². The van der Waals surface area contributed by atoms with E-state index < -0.39 is 5.97 Å². The maximum atomic E-state index is 11.3. The van der Waals surface area contributed by atoms with Gasteiger partial charge in [0.2, 0.25) is 0 Å². The van der Waals surface area contributed by atoms with Crippen LogP contribution in [0.5, 0.6) is 0 Å². The SMILES string of the molecule is O=C(O)C1CCCN(CCN2CCC(=C3c4ccccc4CSc4ccccc43)CC2)C1. The van der Waals surface area contributed by atoms with Crippen LogP contribution in [0.25, 0.3) is 5.57 Å². The Morgan fingerprint density at radius 3 is 2.47 bits per heavy atom. The molecule has 2 aromatic rings. The quantitative estimate of drug-likeness (QED) is 0.714. The van der Waals surface area contributed by atoms with Crippen molar-refractivity contribution in [1.82, 2.24) is 9.80 Å². The Morgan fingerprint density at radius 1 is 0.938 bits per heavy atom. The van der Waals surface area contributed by atoms with Crippen molar-refractivity contribution in [1.29, 1.82) is 0 Å². The number of carboxylic acid groups (broad SMARTS) is 1. The van der Waals surface area contributed by atoms with Crippen LogP contribution in [0.4, 0.5) is 0 Å². The lowest BCUT2D eigenvalue weighted by atomic mass is 9.86. The Hall–Kier alpha value is -2.08. The molecule has 0 aromatic heterocycles. The molecule has 3 aliphatic heterocycles. The number of carboxylic acids is 1. The van der Waals surface area contributed by atoms with Crippen molar-refractivity contribution in [2.75, 3.05) is 39.3 Å². The molecule has 1 unspecified atom stereocenters. The van der Waals surface area contributed by atoms with Crippen molar-refractivity contribution in [2.24, 2.45) is 5.92 Å². The molecule has 168 valence electrons. The summed E-state index contributed by atoms with van der Waals surface area (Å²) >= 11 is 1.95. The fourth-order valence-corrected chi connectivity index (χ4v) is 6.47. The highest BCUT2D eigenvalue weighted by Crippen LogP contribution is 2.43. The molecule has 5 heteroatoms. The monoisotopic (exact) mass is 448 g/mol. The summed E-state index contributed by atoms with van der Waals surface area (Å²) in [6, 6.07) is 17.8. The number of hydrogen-bond donors (Lipinski definition) is 1. The zero-order valence-corrected chi connectivity index (χ0v) is 19.4. The molecular formula is C27H32N2O2S. The number of fused-ring (bicyclic) bond motifs is 2. The Balaban J connectivity index is 1.29. The van der Waals surface area contributed by atoms with Crippen LogP contribution in [0.15, 0.2) is 59.0 Å². The molecule has 1 N–H and O–H groups in total. The maximum absolute atomic E-state index is 11.3. The van der Waals surface area contributed by atoms with Gasteiger partial charge in [-0.1, -0.05) is 48.0 Å². The second-order valence-electron chi connectivity index (χ2n) is 9.24. The minimum atomic E-state index is -0.633. The van der Waals surface area contributed by atoms with Gasteiger partial charge in [-0.25, -0.2) is 0 Å². The molecule has 0 spiro atoms. The minimum Gasteiger partial charge on any atom is -0.481 e. The number of hydrogen-bond acceptors (Lipinski definition) is 4. The van der Waals surface area contributed by atoms with E-state index in [1.54, 1.807) is 5.57 Å². The van der Waals surface area contributed by atoms with Crippen LogP contribution < -0.4 is 0 Å². The summed E-state index contributed by atoms with van der Waals surface area (Å²) in [7, 11) is 0. The van der Waals surface area contributed by atoms with Gasteiger partial charge in [-0.05, 0) is 60.6 Å². The summed E-state index contributed by atoms with van der Waals surface area (Å²) < 4.78 is 0. The maximum Gasteiger partial charge on any atom is 0.307 e. The van der Waals surface area contributed by atoms with Crippen LogP contribution in [0, 0.1) is 5.92 Å². The van der Waals surface area contributed by atoms with Gasteiger partial charge in [0.25, 0.3) is 0 Å². The van der Waals surface area contributed by atoms with E-state index in [4.69, 9.17) is 0 Å². The molecule has 2 aromatic carbocycles. The summed E-state index contributed by atoms with van der Waals surface area (Å²) in [4.78, 5) is 17.7. The largest absolute Gasteiger partial charge is 0.481 e. The zero-order valence-electron chi connectivity index (χ0n) is 18.6. The third kappa shape index (κ3) is 4.66. The average Bonchev–Trinajstić information content (AvgIpc) is 3.00. The second kappa shape index (κ2) is 9.82. The van der Waals surface area contributed by atoms with Crippen LogP contribution in [-0.2, 0) is 10.5 Å². The van der Waals surface area contributed by atoms with Gasteiger partial charge in [0.1, 0.15) is 0 Å². The second-order valence-corrected chi connectivity index (χ2v) is 10.3. The first-order valence-corrected chi connectivity index (χ1v) is 12.9. The molecule has 3 heterocycles. The molecule has 0 saturated carbocycles. The number of thioether (sulfide) groups is 1. The third-order valence-corrected chi connectivity index (χ3v) is 8.35. The lowest BCUT2D eigenvalue weighted by molar-refractivity contribution is -0.143. The van der Waals surface area contributed by atoms with Crippen LogP contribution >= 0.6 is 11.8 Å². The van der Waals surface area contributed by atoms with Crippen LogP contribution in [0.2, 0.25) is 0 Å². The molecule has 0 aliphatic carbocycles. The topological polar surface area (TPSA) is 43.8 Å². The van der Waals surface area contributed by atoms with Crippen molar-refractivity contribution in [3.8, 4) is 0 Å². The number of likely N-dealkylation sites (tertiary alicyclic amines) is 2. The van der Waals surface area contributed by atoms with Crippen molar-refractivity contribution < 1.29 is 9.90 Å². The minimum absolute atomic E-state index is 0.185. The smallest absolute Gasteiger partial charge is 0.307 e. The predicted molar refractivity (Wildman–Crippen MR) is 131 cm³/mol. The van der Waals surface area contributed by atoms with Gasteiger partial charge in [0, 0.05) is 43.4 Å². The number of benzene rings is 2. The number of aliphatic carboxylic acids is 1. The highest BCUT2D eigenvalue weighted by molar-refractivity contribution is 7.98. The van der Waals surface area contributed by atoms with Gasteiger partial charge in [0.05, 0.1) is 5.92 Å². The van der Waals surface area contributed by atoms with E-state index in [2.05, 4.69) is 58.3 Å². The first-order valence-electron chi connectivity index (χ1n) is 11.9. The molecule has 1 atom stereocenters. The Labute approximate surface area is 195 Å². The molecule has 3 aliphatic rings. The van der Waals surface area contributed by atoms with E-state index in [-0.39, 0.29) is 5.92 Å². The van der Waals surface area contributed by atoms with E-state index >= 15 is 0 Å². The predicted octanol–water partition coefficient (Wildman–Crippen LogP) is 4.99. The number of piperidine rings is 2. The first kappa shape index (κ1) is 21.7. The number of carbonyl (C=O) groups is 1. The molecule has 5 rings (SSSR count). The van der Waals surface area contributed by atoms with Gasteiger partial charge in [0.15, 0.2) is 0 Å². The number of nitrogens with zero attached hydrogens (tertiary/aromatic N) is 2. The Morgan fingerprint density at radius 2 is 1.66 bits per heavy atom. The van der Waals surface area contributed by atoms with E-state index in [1.807, 2.05) is 11.8 Å². The van der Waals surface area contributed by atoms with E-state index in [9.17, 15) is 9.90 Å². The summed E-state index contributed by atoms with van der Waals surface area (Å²) in [6.45, 7) is 5.96. The highest BCUT2D eigenvalue weighted by Gasteiger charge is 2.27. The molecule has 0 bridgehead atoms. The Kier molecular flexibility index (Phi) is 6.67. The van der Waals surface area contributed by atoms with Gasteiger partial charge >= 0.3 is 5.97 Å². The van der Waals surface area contributed by atoms with Crippen LogP contribution in [0.1, 0.15) is 42.4 Å². The molecule has 4 nitrogen and oxygen atoms in total. The average molecular weight is 449 g/mol. The molecule has 2 saturated heterocycles. The molecule has 0 amide bonds. The van der Waals surface area contributed by atoms with Gasteiger partial charge in [-0.15, -0.1) is 11.8 Å². The molecular weight excluding hydrogens is 416 g/mol. The lowest BCUT2D eigenvalue weighted by Crippen LogP contribution is -2.43. The van der Waals surface area contributed by atoms with Gasteiger partial charge < -0.3 is 14.9 Å². The fraction of sp³-hybridized carbons (Fsp3) is 0.444. The standard InChI is InChI=1S/C27H32N2O2S/c30-27(31)21-7-5-13-29(18-21)17-16-28-14-11-20(12-15-28)26-23-8-2-1-6-22(23)19-32-25-10-4-3-9-24(25)26/h1-4,6,8-10,21H,5,7,11-19H2,(H,30,31). The zero-order chi connectivity index (χ0) is 21.9. The normalized spacial score (nSPS) is 22.2. The molecule has 32 heavy (non-hydrogen) atoms. The van der Waals surface area contributed by atoms with E-state index in [1.165, 1.54) is 27.2 Å². The Bertz CT molecular complexity index is 959. The van der Waals surface area contributed by atoms with E-state index in [0.717, 1.165) is 64.2 Å². The van der Waals surface area contributed by atoms with Crippen molar-refractivity contribution in [2.45, 2.75) is 36.3 Å². The van der Waals surface area contributed by atoms with E-state index in [0.29, 0.717) is 6.54 Å². The van der Waals surface area contributed by atoms with Crippen molar-refractivity contribution >= 4 is 23.3 Å². The molecule has 0 radical (unpaired) electrons. The lowest BCUT2D eigenvalue weighted by Gasteiger charge is -2.35. The van der Waals surface area contributed by atoms with Gasteiger partial charge in [-0.2, -0.15) is 0 Å². The first-order chi connectivity index (χ1) is 15.7. The highest BCUT2D eigenvalue weighted by atomic mass is 32.2. The molecule has 2 fully saturated rings. The summed E-state index contributed by atoms with van der Waals surface area (Å²) in [5, 5.41) is 9.34. The summed E-state index contributed by atoms with van der Waals surface area (Å²) in [5.41, 5.74) is 7.32. The van der Waals surface area contributed by atoms with Crippen LogP contribution in [0.3, 0.4) is 0 Å². The third-order valence-electron chi connectivity index (χ3n) is 7.23. The number of rotatable bonds is 4. The van der Waals surface area contributed by atoms with Gasteiger partial charge in [-0.3, -0.25) is 4.79 Å². The summed E-state index contributed by atoms with van der Waals surface area (Å²) in [6.07, 6.45) is 4.05.